The zero-order valence-electron chi connectivity index (χ0n) is 9.06. The molecule has 0 radical (unpaired) electrons. The number of hydrogen-bond acceptors (Lipinski definition) is 2. The Balaban J connectivity index is 2.37. The third kappa shape index (κ3) is 3.99. The Hall–Kier alpha value is -0.0500. The molecule has 82 valence electrons. The fourth-order valence-corrected chi connectivity index (χ4v) is 2.28. The van der Waals surface area contributed by atoms with Crippen molar-refractivity contribution < 1.29 is 0 Å². The van der Waals surface area contributed by atoms with Crippen molar-refractivity contribution in [3.05, 3.63) is 11.6 Å². The van der Waals surface area contributed by atoms with Crippen molar-refractivity contribution in [2.75, 3.05) is 26.7 Å². The molecular formula is C11H21ClN2. The molecule has 0 aromatic carbocycles. The van der Waals surface area contributed by atoms with Gasteiger partial charge in [0, 0.05) is 17.6 Å². The lowest BCUT2D eigenvalue weighted by atomic mass is 9.99. The zero-order valence-corrected chi connectivity index (χ0v) is 9.82. The number of nitrogens with one attached hydrogen (secondary N) is 1. The van der Waals surface area contributed by atoms with Crippen LogP contribution in [-0.4, -0.2) is 37.6 Å². The monoisotopic (exact) mass is 216 g/mol. The highest BCUT2D eigenvalue weighted by molar-refractivity contribution is 6.29. The van der Waals surface area contributed by atoms with Gasteiger partial charge in [-0.25, -0.2) is 0 Å². The maximum Gasteiger partial charge on any atom is 0.0338 e. The van der Waals surface area contributed by atoms with Crippen molar-refractivity contribution in [3.8, 4) is 0 Å². The van der Waals surface area contributed by atoms with Gasteiger partial charge >= 0.3 is 0 Å². The molecule has 1 aliphatic heterocycles. The number of halogens is 1. The lowest BCUT2D eigenvalue weighted by Gasteiger charge is -2.35. The molecule has 0 aromatic rings. The van der Waals surface area contributed by atoms with Crippen molar-refractivity contribution in [2.45, 2.75) is 31.7 Å². The normalized spacial score (nSPS) is 23.7. The van der Waals surface area contributed by atoms with Crippen LogP contribution in [0, 0.1) is 0 Å². The Labute approximate surface area is 92.3 Å². The van der Waals surface area contributed by atoms with Crippen molar-refractivity contribution in [1.82, 2.24) is 10.2 Å². The summed E-state index contributed by atoms with van der Waals surface area (Å²) in [4.78, 5) is 2.47. The number of piperidine rings is 1. The van der Waals surface area contributed by atoms with Crippen LogP contribution in [0.25, 0.3) is 0 Å². The first kappa shape index (κ1) is 12.0. The van der Waals surface area contributed by atoms with E-state index in [1.807, 2.05) is 7.05 Å². The Kier molecular flexibility index (Phi) is 5.53. The molecule has 2 nitrogen and oxygen atoms in total. The summed E-state index contributed by atoms with van der Waals surface area (Å²) in [7, 11) is 2.01. The molecule has 1 fully saturated rings. The first-order chi connectivity index (χ1) is 6.74. The van der Waals surface area contributed by atoms with Gasteiger partial charge in [-0.1, -0.05) is 24.6 Å². The van der Waals surface area contributed by atoms with Gasteiger partial charge in [0.2, 0.25) is 0 Å². The average molecular weight is 217 g/mol. The number of hydrogen-bond donors (Lipinski definition) is 1. The maximum absolute atomic E-state index is 5.86. The first-order valence-electron chi connectivity index (χ1n) is 5.46. The van der Waals surface area contributed by atoms with Crippen LogP contribution in [0.4, 0.5) is 0 Å². The van der Waals surface area contributed by atoms with Crippen LogP contribution in [0.5, 0.6) is 0 Å². The van der Waals surface area contributed by atoms with E-state index in [2.05, 4.69) is 16.8 Å². The second-order valence-electron chi connectivity index (χ2n) is 4.03. The fourth-order valence-electron chi connectivity index (χ4n) is 2.13. The van der Waals surface area contributed by atoms with Gasteiger partial charge < -0.3 is 5.32 Å². The Morgan fingerprint density at radius 2 is 2.36 bits per heavy atom. The van der Waals surface area contributed by atoms with Gasteiger partial charge in [-0.3, -0.25) is 4.90 Å². The van der Waals surface area contributed by atoms with E-state index in [4.69, 9.17) is 11.6 Å². The molecule has 0 spiro atoms. The van der Waals surface area contributed by atoms with Crippen LogP contribution in [0.1, 0.15) is 25.7 Å². The van der Waals surface area contributed by atoms with E-state index in [0.29, 0.717) is 6.04 Å². The molecule has 1 heterocycles. The van der Waals surface area contributed by atoms with Gasteiger partial charge in [-0.15, -0.1) is 0 Å². The van der Waals surface area contributed by atoms with Crippen LogP contribution >= 0.6 is 11.6 Å². The molecule has 3 heteroatoms. The Bertz CT molecular complexity index is 182. The number of likely N-dealkylation sites (tertiary alicyclic amines) is 1. The van der Waals surface area contributed by atoms with Crippen molar-refractivity contribution >= 4 is 11.6 Å². The predicted molar refractivity (Wildman–Crippen MR) is 62.7 cm³/mol. The van der Waals surface area contributed by atoms with Crippen molar-refractivity contribution in [2.24, 2.45) is 0 Å². The molecule has 0 aliphatic carbocycles. The van der Waals surface area contributed by atoms with E-state index < -0.39 is 0 Å². The van der Waals surface area contributed by atoms with Crippen LogP contribution in [0.15, 0.2) is 11.6 Å². The van der Waals surface area contributed by atoms with E-state index >= 15 is 0 Å². The molecule has 1 rings (SSSR count). The summed E-state index contributed by atoms with van der Waals surface area (Å²) in [5, 5.41) is 3.97. The van der Waals surface area contributed by atoms with Gasteiger partial charge in [0.05, 0.1) is 0 Å². The molecular weight excluding hydrogens is 196 g/mol. The van der Waals surface area contributed by atoms with Crippen LogP contribution in [-0.2, 0) is 0 Å². The van der Waals surface area contributed by atoms with E-state index in [0.717, 1.165) is 18.1 Å². The molecule has 1 unspecified atom stereocenters. The van der Waals surface area contributed by atoms with E-state index in [-0.39, 0.29) is 0 Å². The highest BCUT2D eigenvalue weighted by atomic mass is 35.5. The second kappa shape index (κ2) is 6.44. The van der Waals surface area contributed by atoms with Gasteiger partial charge in [0.1, 0.15) is 0 Å². The quantitative estimate of drug-likeness (QED) is 0.758. The lowest BCUT2D eigenvalue weighted by molar-refractivity contribution is 0.155. The molecule has 0 amide bonds. The summed E-state index contributed by atoms with van der Waals surface area (Å²) < 4.78 is 0. The van der Waals surface area contributed by atoms with Gasteiger partial charge in [-0.05, 0) is 39.4 Å². The van der Waals surface area contributed by atoms with Crippen molar-refractivity contribution in [3.63, 3.8) is 0 Å². The number of rotatable bonds is 5. The standard InChI is InChI=1S/C11H21ClN2/c1-10(12)9-14-8-4-3-5-11(14)6-7-13-2/h11,13H,1,3-9H2,2H3. The Morgan fingerprint density at radius 1 is 1.57 bits per heavy atom. The molecule has 0 saturated carbocycles. The van der Waals surface area contributed by atoms with Gasteiger partial charge in [0.15, 0.2) is 0 Å². The maximum atomic E-state index is 5.86. The minimum absolute atomic E-state index is 0.701. The van der Waals surface area contributed by atoms with Crippen molar-refractivity contribution in [1.29, 1.82) is 0 Å². The summed E-state index contributed by atoms with van der Waals surface area (Å²) in [6, 6.07) is 0.701. The second-order valence-corrected chi connectivity index (χ2v) is 4.56. The smallest absolute Gasteiger partial charge is 0.0338 e. The molecule has 1 saturated heterocycles. The molecule has 1 N–H and O–H groups in total. The lowest BCUT2D eigenvalue weighted by Crippen LogP contribution is -2.41. The highest BCUT2D eigenvalue weighted by Gasteiger charge is 2.21. The molecule has 0 bridgehead atoms. The van der Waals surface area contributed by atoms with E-state index in [1.165, 1.54) is 32.2 Å². The van der Waals surface area contributed by atoms with Crippen LogP contribution in [0.3, 0.4) is 0 Å². The zero-order chi connectivity index (χ0) is 10.4. The first-order valence-corrected chi connectivity index (χ1v) is 5.83. The summed E-state index contributed by atoms with van der Waals surface area (Å²) in [5.41, 5.74) is 0. The predicted octanol–water partition coefficient (Wildman–Crippen LogP) is 2.20. The number of nitrogens with zero attached hydrogens (tertiary/aromatic N) is 1. The van der Waals surface area contributed by atoms with Crippen LogP contribution < -0.4 is 5.32 Å². The summed E-state index contributed by atoms with van der Waals surface area (Å²) in [6.07, 6.45) is 5.20. The SMILES string of the molecule is C=C(Cl)CN1CCCCC1CCNC. The van der Waals surface area contributed by atoms with E-state index in [9.17, 15) is 0 Å². The molecule has 1 aliphatic rings. The summed E-state index contributed by atoms with van der Waals surface area (Å²) in [6.45, 7) is 6.90. The average Bonchev–Trinajstić information content (AvgIpc) is 2.16. The van der Waals surface area contributed by atoms with Crippen LogP contribution in [0.2, 0.25) is 0 Å². The molecule has 0 aromatic heterocycles. The fraction of sp³-hybridized carbons (Fsp3) is 0.818. The van der Waals surface area contributed by atoms with Gasteiger partial charge in [0.25, 0.3) is 0 Å². The molecule has 14 heavy (non-hydrogen) atoms. The third-order valence-corrected chi connectivity index (χ3v) is 2.97. The summed E-state index contributed by atoms with van der Waals surface area (Å²) in [5.74, 6) is 0. The van der Waals surface area contributed by atoms with E-state index in [1.54, 1.807) is 0 Å². The minimum atomic E-state index is 0.701. The Morgan fingerprint density at radius 3 is 3.00 bits per heavy atom. The third-order valence-electron chi connectivity index (χ3n) is 2.85. The largest absolute Gasteiger partial charge is 0.320 e. The molecule has 1 atom stereocenters. The highest BCUT2D eigenvalue weighted by Crippen LogP contribution is 2.20. The topological polar surface area (TPSA) is 15.3 Å². The summed E-state index contributed by atoms with van der Waals surface area (Å²) >= 11 is 5.86. The van der Waals surface area contributed by atoms with Gasteiger partial charge in [-0.2, -0.15) is 0 Å². The minimum Gasteiger partial charge on any atom is -0.320 e.